The van der Waals surface area contributed by atoms with Crippen LogP contribution >= 0.6 is 22.9 Å². The Morgan fingerprint density at radius 3 is 2.54 bits per heavy atom. The lowest BCUT2D eigenvalue weighted by Gasteiger charge is -2.07. The highest BCUT2D eigenvalue weighted by molar-refractivity contribution is 7.07. The quantitative estimate of drug-likeness (QED) is 0.655. The number of hydrogen-bond donors (Lipinski definition) is 0. The minimum absolute atomic E-state index is 0.109. The zero-order chi connectivity index (χ0) is 20.4. The molecule has 0 bridgehead atoms. The Morgan fingerprint density at radius 1 is 1.14 bits per heavy atom. The standard InChI is InChI=1S/C22H16ClN3OS/c1-13-7-8-14(2)16(9-13)10-20-21(27)26(22(28-20)17(11-24)12-25)19-6-4-5-18(23)15(19)3/h4-10H,1-3H3/b20-10-. The van der Waals surface area contributed by atoms with E-state index in [-0.39, 0.29) is 11.1 Å². The molecule has 0 aliphatic rings. The maximum absolute atomic E-state index is 13.3. The van der Waals surface area contributed by atoms with Crippen LogP contribution in [0.2, 0.25) is 5.02 Å². The zero-order valence-corrected chi connectivity index (χ0v) is 17.1. The molecule has 0 saturated carbocycles. The molecular weight excluding hydrogens is 390 g/mol. The molecule has 2 aromatic carbocycles. The summed E-state index contributed by atoms with van der Waals surface area (Å²) in [5, 5.41) is 19.3. The van der Waals surface area contributed by atoms with Gasteiger partial charge in [0.25, 0.3) is 5.56 Å². The molecule has 6 heteroatoms. The molecule has 3 aromatic rings. The maximum atomic E-state index is 13.3. The van der Waals surface area contributed by atoms with Gasteiger partial charge in [-0.3, -0.25) is 9.36 Å². The van der Waals surface area contributed by atoms with Gasteiger partial charge in [-0.1, -0.05) is 41.4 Å². The van der Waals surface area contributed by atoms with Crippen molar-refractivity contribution in [3.05, 3.63) is 83.2 Å². The van der Waals surface area contributed by atoms with Crippen molar-refractivity contribution in [1.29, 1.82) is 10.5 Å². The average Bonchev–Trinajstić information content (AvgIpc) is 2.98. The first-order valence-corrected chi connectivity index (χ1v) is 9.67. The second kappa shape index (κ2) is 7.86. The molecule has 1 heterocycles. The molecule has 28 heavy (non-hydrogen) atoms. The Balaban J connectivity index is 2.47. The summed E-state index contributed by atoms with van der Waals surface area (Å²) in [5.41, 5.74) is 3.93. The Kier molecular flexibility index (Phi) is 5.51. The van der Waals surface area contributed by atoms with Gasteiger partial charge < -0.3 is 0 Å². The Bertz CT molecular complexity index is 1330. The predicted molar refractivity (Wildman–Crippen MR) is 113 cm³/mol. The van der Waals surface area contributed by atoms with Crippen LogP contribution in [-0.2, 0) is 0 Å². The van der Waals surface area contributed by atoms with E-state index in [1.165, 1.54) is 4.57 Å². The van der Waals surface area contributed by atoms with Crippen LogP contribution in [-0.4, -0.2) is 4.57 Å². The molecule has 0 atom stereocenters. The predicted octanol–water partition coefficient (Wildman–Crippen LogP) is 3.50. The second-order valence-electron chi connectivity index (χ2n) is 6.40. The number of aromatic nitrogens is 1. The molecule has 0 amide bonds. The average molecular weight is 406 g/mol. The van der Waals surface area contributed by atoms with Crippen molar-refractivity contribution in [3.63, 3.8) is 0 Å². The van der Waals surface area contributed by atoms with Crippen LogP contribution < -0.4 is 14.8 Å². The first-order chi connectivity index (χ1) is 13.4. The first-order valence-electron chi connectivity index (χ1n) is 8.48. The molecule has 4 nitrogen and oxygen atoms in total. The van der Waals surface area contributed by atoms with E-state index in [0.717, 1.165) is 28.0 Å². The fourth-order valence-electron chi connectivity index (χ4n) is 2.88. The third kappa shape index (κ3) is 3.51. The summed E-state index contributed by atoms with van der Waals surface area (Å²) in [5.74, 6) is 0. The highest BCUT2D eigenvalue weighted by Crippen LogP contribution is 2.20. The maximum Gasteiger partial charge on any atom is 0.273 e. The third-order valence-electron chi connectivity index (χ3n) is 4.46. The molecule has 0 fully saturated rings. The van der Waals surface area contributed by atoms with Crippen molar-refractivity contribution >= 4 is 34.6 Å². The molecular formula is C22H16ClN3OS. The number of aryl methyl sites for hydroxylation is 2. The molecule has 0 N–H and O–H groups in total. The van der Waals surface area contributed by atoms with Gasteiger partial charge in [0.05, 0.1) is 10.2 Å². The summed E-state index contributed by atoms with van der Waals surface area (Å²) >= 11 is 7.37. The van der Waals surface area contributed by atoms with Gasteiger partial charge in [0.2, 0.25) is 0 Å². The Labute approximate surface area is 171 Å². The molecule has 0 aliphatic carbocycles. The Morgan fingerprint density at radius 2 is 1.86 bits per heavy atom. The summed E-state index contributed by atoms with van der Waals surface area (Å²) in [6.45, 7) is 5.76. The SMILES string of the molecule is Cc1ccc(C)c(/C=c2\sc(=C(C#N)C#N)n(-c3cccc(Cl)c3C)c2=O)c1. The van der Waals surface area contributed by atoms with Crippen molar-refractivity contribution < 1.29 is 0 Å². The van der Waals surface area contributed by atoms with Gasteiger partial charge in [0, 0.05) is 5.02 Å². The Hall–Kier alpha value is -3.12. The van der Waals surface area contributed by atoms with Gasteiger partial charge in [-0.25, -0.2) is 0 Å². The van der Waals surface area contributed by atoms with Crippen molar-refractivity contribution in [2.75, 3.05) is 0 Å². The summed E-state index contributed by atoms with van der Waals surface area (Å²) in [6.07, 6.45) is 1.81. The fraction of sp³-hybridized carbons (Fsp3) is 0.136. The van der Waals surface area contributed by atoms with Crippen LogP contribution in [0.15, 0.2) is 41.2 Å². The molecule has 3 rings (SSSR count). The number of benzene rings is 2. The molecule has 0 unspecified atom stereocenters. The van der Waals surface area contributed by atoms with E-state index < -0.39 is 0 Å². The fourth-order valence-corrected chi connectivity index (χ4v) is 4.09. The van der Waals surface area contributed by atoms with E-state index in [0.29, 0.717) is 25.5 Å². The van der Waals surface area contributed by atoms with Gasteiger partial charge in [-0.05, 0) is 55.7 Å². The lowest BCUT2D eigenvalue weighted by Crippen LogP contribution is -2.31. The lowest BCUT2D eigenvalue weighted by molar-refractivity contribution is 0.975. The number of hydrogen-bond acceptors (Lipinski definition) is 4. The van der Waals surface area contributed by atoms with E-state index in [1.54, 1.807) is 25.1 Å². The summed E-state index contributed by atoms with van der Waals surface area (Å²) in [4.78, 5) is 13.3. The van der Waals surface area contributed by atoms with Crippen LogP contribution in [0.4, 0.5) is 0 Å². The molecule has 138 valence electrons. The van der Waals surface area contributed by atoms with Crippen LogP contribution in [0.25, 0.3) is 17.3 Å². The zero-order valence-electron chi connectivity index (χ0n) is 15.6. The smallest absolute Gasteiger partial charge is 0.267 e. The van der Waals surface area contributed by atoms with E-state index in [4.69, 9.17) is 11.6 Å². The van der Waals surface area contributed by atoms with E-state index in [9.17, 15) is 15.3 Å². The molecule has 0 spiro atoms. The van der Waals surface area contributed by atoms with E-state index in [1.807, 2.05) is 50.3 Å². The van der Waals surface area contributed by atoms with Crippen molar-refractivity contribution in [2.45, 2.75) is 20.8 Å². The number of halogens is 1. The number of nitriles is 2. The van der Waals surface area contributed by atoms with Crippen molar-refractivity contribution in [1.82, 2.24) is 4.57 Å². The van der Waals surface area contributed by atoms with Crippen molar-refractivity contribution in [3.8, 4) is 17.8 Å². The number of thiazole rings is 1. The number of nitrogens with zero attached hydrogens (tertiary/aromatic N) is 3. The van der Waals surface area contributed by atoms with Gasteiger partial charge >= 0.3 is 0 Å². The van der Waals surface area contributed by atoms with Crippen LogP contribution in [0.3, 0.4) is 0 Å². The normalized spacial score (nSPS) is 11.1. The lowest BCUT2D eigenvalue weighted by atomic mass is 10.1. The summed E-state index contributed by atoms with van der Waals surface area (Å²) in [6, 6.07) is 15.0. The highest BCUT2D eigenvalue weighted by Gasteiger charge is 2.14. The van der Waals surface area contributed by atoms with Crippen LogP contribution in [0, 0.1) is 43.4 Å². The molecule has 0 radical (unpaired) electrons. The van der Waals surface area contributed by atoms with Crippen LogP contribution in [0.1, 0.15) is 22.3 Å². The first kappa shape index (κ1) is 19.6. The summed E-state index contributed by atoms with van der Waals surface area (Å²) in [7, 11) is 0. The summed E-state index contributed by atoms with van der Waals surface area (Å²) < 4.78 is 2.16. The van der Waals surface area contributed by atoms with Gasteiger partial charge in [0.15, 0.2) is 5.57 Å². The van der Waals surface area contributed by atoms with E-state index >= 15 is 0 Å². The third-order valence-corrected chi connectivity index (χ3v) is 5.96. The molecule has 1 aromatic heterocycles. The topological polar surface area (TPSA) is 69.6 Å². The minimum Gasteiger partial charge on any atom is -0.267 e. The van der Waals surface area contributed by atoms with Crippen LogP contribution in [0.5, 0.6) is 0 Å². The van der Waals surface area contributed by atoms with Crippen molar-refractivity contribution in [2.24, 2.45) is 0 Å². The van der Waals surface area contributed by atoms with Gasteiger partial charge in [0.1, 0.15) is 16.8 Å². The monoisotopic (exact) mass is 405 g/mol. The van der Waals surface area contributed by atoms with Gasteiger partial charge in [-0.2, -0.15) is 10.5 Å². The number of rotatable bonds is 2. The second-order valence-corrected chi connectivity index (χ2v) is 7.84. The largest absolute Gasteiger partial charge is 0.273 e. The molecule has 0 saturated heterocycles. The van der Waals surface area contributed by atoms with E-state index in [2.05, 4.69) is 0 Å². The minimum atomic E-state index is -0.283. The molecule has 0 aliphatic heterocycles. The highest BCUT2D eigenvalue weighted by atomic mass is 35.5. The van der Waals surface area contributed by atoms with Gasteiger partial charge in [-0.15, -0.1) is 11.3 Å².